The fourth-order valence-electron chi connectivity index (χ4n) is 1.43. The van der Waals surface area contributed by atoms with E-state index in [0.29, 0.717) is 6.54 Å². The lowest BCUT2D eigenvalue weighted by molar-refractivity contribution is -0.128. The first kappa shape index (κ1) is 11.5. The van der Waals surface area contributed by atoms with Gasteiger partial charge in [0.25, 0.3) is 0 Å². The van der Waals surface area contributed by atoms with Crippen molar-refractivity contribution in [1.82, 2.24) is 10.2 Å². The molecule has 0 unspecified atom stereocenters. The molecule has 1 N–H and O–H groups in total. The summed E-state index contributed by atoms with van der Waals surface area (Å²) in [5, 5.41) is 3.19. The topological polar surface area (TPSA) is 32.3 Å². The smallest absolute Gasteiger partial charge is 0.236 e. The Hall–Kier alpha value is -0.570. The standard InChI is InChI=1S/C11H22N2O/c1-3-13(2)11(14)9-12-8-4-5-10-6-7-10/h10,12H,3-9H2,1-2H3. The van der Waals surface area contributed by atoms with E-state index in [0.717, 1.165) is 19.0 Å². The van der Waals surface area contributed by atoms with Gasteiger partial charge in [0.05, 0.1) is 6.54 Å². The third-order valence-electron chi connectivity index (χ3n) is 2.84. The quantitative estimate of drug-likeness (QED) is 0.624. The molecule has 1 aliphatic carbocycles. The van der Waals surface area contributed by atoms with Gasteiger partial charge in [-0.15, -0.1) is 0 Å². The summed E-state index contributed by atoms with van der Waals surface area (Å²) in [4.78, 5) is 13.1. The highest BCUT2D eigenvalue weighted by atomic mass is 16.2. The highest BCUT2D eigenvalue weighted by Crippen LogP contribution is 2.33. The SMILES string of the molecule is CCN(C)C(=O)CNCCCC1CC1. The van der Waals surface area contributed by atoms with E-state index in [9.17, 15) is 4.79 Å². The van der Waals surface area contributed by atoms with Gasteiger partial charge >= 0.3 is 0 Å². The van der Waals surface area contributed by atoms with Gasteiger partial charge in [0.15, 0.2) is 0 Å². The molecule has 0 bridgehead atoms. The van der Waals surface area contributed by atoms with Crippen molar-refractivity contribution in [2.24, 2.45) is 5.92 Å². The van der Waals surface area contributed by atoms with Crippen molar-refractivity contribution >= 4 is 5.91 Å². The van der Waals surface area contributed by atoms with Crippen molar-refractivity contribution in [1.29, 1.82) is 0 Å². The Morgan fingerprint density at radius 3 is 2.79 bits per heavy atom. The largest absolute Gasteiger partial charge is 0.345 e. The summed E-state index contributed by atoms with van der Waals surface area (Å²) in [6.07, 6.45) is 5.41. The molecule has 82 valence electrons. The van der Waals surface area contributed by atoms with Crippen molar-refractivity contribution in [2.75, 3.05) is 26.7 Å². The Labute approximate surface area is 86.9 Å². The molecule has 0 saturated heterocycles. The molecule has 3 heteroatoms. The first-order valence-corrected chi connectivity index (χ1v) is 5.68. The van der Waals surface area contributed by atoms with Gasteiger partial charge < -0.3 is 10.2 Å². The maximum Gasteiger partial charge on any atom is 0.236 e. The number of rotatable bonds is 7. The second-order valence-corrected chi connectivity index (χ2v) is 4.17. The van der Waals surface area contributed by atoms with Crippen LogP contribution in [0, 0.1) is 5.92 Å². The number of hydrogen-bond donors (Lipinski definition) is 1. The van der Waals surface area contributed by atoms with Gasteiger partial charge in [-0.2, -0.15) is 0 Å². The number of amides is 1. The lowest BCUT2D eigenvalue weighted by Gasteiger charge is -2.14. The maximum absolute atomic E-state index is 11.3. The fourth-order valence-corrected chi connectivity index (χ4v) is 1.43. The molecular formula is C11H22N2O. The van der Waals surface area contributed by atoms with Crippen LogP contribution < -0.4 is 5.32 Å². The van der Waals surface area contributed by atoms with Crippen molar-refractivity contribution in [2.45, 2.75) is 32.6 Å². The van der Waals surface area contributed by atoms with Crippen molar-refractivity contribution < 1.29 is 4.79 Å². The molecule has 3 nitrogen and oxygen atoms in total. The summed E-state index contributed by atoms with van der Waals surface area (Å²) >= 11 is 0. The molecule has 0 aromatic carbocycles. The third kappa shape index (κ3) is 4.61. The highest BCUT2D eigenvalue weighted by Gasteiger charge is 2.19. The van der Waals surface area contributed by atoms with Gasteiger partial charge in [0, 0.05) is 13.6 Å². The molecule has 0 radical (unpaired) electrons. The van der Waals surface area contributed by atoms with Gasteiger partial charge in [0.1, 0.15) is 0 Å². The average molecular weight is 198 g/mol. The zero-order valence-corrected chi connectivity index (χ0v) is 9.38. The normalized spacial score (nSPS) is 15.6. The van der Waals surface area contributed by atoms with E-state index < -0.39 is 0 Å². The van der Waals surface area contributed by atoms with Gasteiger partial charge in [-0.05, 0) is 32.2 Å². The second-order valence-electron chi connectivity index (χ2n) is 4.17. The zero-order chi connectivity index (χ0) is 10.4. The van der Waals surface area contributed by atoms with Crippen molar-refractivity contribution in [3.63, 3.8) is 0 Å². The summed E-state index contributed by atoms with van der Waals surface area (Å²) in [6, 6.07) is 0. The molecule has 0 heterocycles. The van der Waals surface area contributed by atoms with E-state index in [1.807, 2.05) is 14.0 Å². The molecule has 0 aromatic heterocycles. The van der Waals surface area contributed by atoms with Crippen molar-refractivity contribution in [3.8, 4) is 0 Å². The lowest BCUT2D eigenvalue weighted by Crippen LogP contribution is -2.35. The Balaban J connectivity index is 1.88. The number of nitrogens with one attached hydrogen (secondary N) is 1. The Morgan fingerprint density at radius 2 is 2.21 bits per heavy atom. The lowest BCUT2D eigenvalue weighted by atomic mass is 10.2. The molecule has 1 amide bonds. The van der Waals surface area contributed by atoms with Crippen LogP contribution in [0.2, 0.25) is 0 Å². The minimum Gasteiger partial charge on any atom is -0.345 e. The highest BCUT2D eigenvalue weighted by molar-refractivity contribution is 5.77. The predicted molar refractivity (Wildman–Crippen MR) is 58.1 cm³/mol. The van der Waals surface area contributed by atoms with Crippen LogP contribution in [0.3, 0.4) is 0 Å². The number of hydrogen-bond acceptors (Lipinski definition) is 2. The second kappa shape index (κ2) is 6.02. The monoisotopic (exact) mass is 198 g/mol. The molecule has 1 fully saturated rings. The maximum atomic E-state index is 11.3. The van der Waals surface area contributed by atoms with Gasteiger partial charge in [-0.3, -0.25) is 4.79 Å². The molecular weight excluding hydrogens is 176 g/mol. The number of likely N-dealkylation sites (N-methyl/N-ethyl adjacent to an activating group) is 1. The molecule has 14 heavy (non-hydrogen) atoms. The average Bonchev–Trinajstić information content (AvgIpc) is 2.99. The Morgan fingerprint density at radius 1 is 1.50 bits per heavy atom. The van der Waals surface area contributed by atoms with E-state index in [2.05, 4.69) is 5.32 Å². The van der Waals surface area contributed by atoms with Crippen LogP contribution in [0.25, 0.3) is 0 Å². The van der Waals surface area contributed by atoms with E-state index in [1.54, 1.807) is 4.90 Å². The minimum atomic E-state index is 0.193. The minimum absolute atomic E-state index is 0.193. The van der Waals surface area contributed by atoms with Crippen LogP contribution in [-0.2, 0) is 4.79 Å². The van der Waals surface area contributed by atoms with Crippen LogP contribution in [0.15, 0.2) is 0 Å². The summed E-state index contributed by atoms with van der Waals surface area (Å²) < 4.78 is 0. The zero-order valence-electron chi connectivity index (χ0n) is 9.38. The first-order chi connectivity index (χ1) is 6.74. The van der Waals surface area contributed by atoms with E-state index in [4.69, 9.17) is 0 Å². The molecule has 1 rings (SSSR count). The van der Waals surface area contributed by atoms with Crippen LogP contribution >= 0.6 is 0 Å². The molecule has 0 aliphatic heterocycles. The molecule has 1 aliphatic rings. The predicted octanol–water partition coefficient (Wildman–Crippen LogP) is 1.24. The van der Waals surface area contributed by atoms with Crippen LogP contribution in [0.4, 0.5) is 0 Å². The van der Waals surface area contributed by atoms with Crippen LogP contribution in [0.5, 0.6) is 0 Å². The summed E-state index contributed by atoms with van der Waals surface area (Å²) in [7, 11) is 1.84. The van der Waals surface area contributed by atoms with E-state index in [-0.39, 0.29) is 5.91 Å². The first-order valence-electron chi connectivity index (χ1n) is 5.68. The van der Waals surface area contributed by atoms with Gasteiger partial charge in [-0.25, -0.2) is 0 Å². The Kier molecular flexibility index (Phi) is 4.94. The number of carbonyl (C=O) groups excluding carboxylic acids is 1. The molecule has 1 saturated carbocycles. The van der Waals surface area contributed by atoms with Gasteiger partial charge in [0.2, 0.25) is 5.91 Å². The van der Waals surface area contributed by atoms with Crippen molar-refractivity contribution in [3.05, 3.63) is 0 Å². The third-order valence-corrected chi connectivity index (χ3v) is 2.84. The number of carbonyl (C=O) groups is 1. The van der Waals surface area contributed by atoms with Crippen LogP contribution in [-0.4, -0.2) is 37.5 Å². The fraction of sp³-hybridized carbons (Fsp3) is 0.909. The van der Waals surface area contributed by atoms with Crippen LogP contribution in [0.1, 0.15) is 32.6 Å². The molecule has 0 atom stereocenters. The van der Waals surface area contributed by atoms with E-state index in [1.165, 1.54) is 25.7 Å². The summed E-state index contributed by atoms with van der Waals surface area (Å²) in [5.74, 6) is 1.20. The summed E-state index contributed by atoms with van der Waals surface area (Å²) in [5.41, 5.74) is 0. The van der Waals surface area contributed by atoms with E-state index >= 15 is 0 Å². The Bertz CT molecular complexity index is 178. The molecule has 0 spiro atoms. The van der Waals surface area contributed by atoms with Gasteiger partial charge in [-0.1, -0.05) is 12.8 Å². The number of nitrogens with zero attached hydrogens (tertiary/aromatic N) is 1. The summed E-state index contributed by atoms with van der Waals surface area (Å²) in [6.45, 7) is 4.27. The molecule has 0 aromatic rings.